The molecule has 0 aliphatic carbocycles. The molecule has 78 valence electrons. The van der Waals surface area contributed by atoms with Crippen molar-refractivity contribution in [3.8, 4) is 5.75 Å². The van der Waals surface area contributed by atoms with Crippen LogP contribution >= 0.6 is 15.9 Å². The normalized spacial score (nSPS) is 12.5. The van der Waals surface area contributed by atoms with Gasteiger partial charge in [-0.15, -0.1) is 0 Å². The molecule has 0 heterocycles. The topological polar surface area (TPSA) is 9.23 Å². The summed E-state index contributed by atoms with van der Waals surface area (Å²) in [6, 6.07) is 6.23. The Morgan fingerprint density at radius 3 is 2.93 bits per heavy atom. The minimum absolute atomic E-state index is 0.254. The number of hydrogen-bond donors (Lipinski definition) is 0. The highest BCUT2D eigenvalue weighted by Crippen LogP contribution is 2.13. The lowest BCUT2D eigenvalue weighted by atomic mass is 10.1. The van der Waals surface area contributed by atoms with Crippen LogP contribution in [0, 0.1) is 11.7 Å². The molecule has 0 N–H and O–H groups in total. The molecule has 0 fully saturated rings. The van der Waals surface area contributed by atoms with Crippen LogP contribution in [0.1, 0.15) is 13.3 Å². The average molecular weight is 261 g/mol. The number of alkyl halides is 1. The van der Waals surface area contributed by atoms with Gasteiger partial charge in [0.15, 0.2) is 0 Å². The smallest absolute Gasteiger partial charge is 0.126 e. The number of ether oxygens (including phenoxy) is 1. The highest BCUT2D eigenvalue weighted by molar-refractivity contribution is 9.09. The van der Waals surface area contributed by atoms with Crippen LogP contribution < -0.4 is 4.74 Å². The molecule has 0 bridgehead atoms. The second-order valence-electron chi connectivity index (χ2n) is 3.35. The molecule has 1 aromatic rings. The third-order valence-corrected chi connectivity index (χ3v) is 3.04. The SMILES string of the molecule is CC(CBr)CCOc1cccc(F)c1. The lowest BCUT2D eigenvalue weighted by molar-refractivity contribution is 0.290. The summed E-state index contributed by atoms with van der Waals surface area (Å²) in [6.07, 6.45) is 0.974. The van der Waals surface area contributed by atoms with E-state index in [1.807, 2.05) is 0 Å². The molecule has 1 aromatic carbocycles. The van der Waals surface area contributed by atoms with E-state index in [1.54, 1.807) is 12.1 Å². The van der Waals surface area contributed by atoms with E-state index in [-0.39, 0.29) is 5.82 Å². The lowest BCUT2D eigenvalue weighted by Gasteiger charge is -2.09. The predicted molar refractivity (Wildman–Crippen MR) is 59.5 cm³/mol. The largest absolute Gasteiger partial charge is 0.493 e. The highest BCUT2D eigenvalue weighted by Gasteiger charge is 2.00. The Kier molecular flexibility index (Phi) is 4.94. The monoisotopic (exact) mass is 260 g/mol. The van der Waals surface area contributed by atoms with Gasteiger partial charge in [0.25, 0.3) is 0 Å². The van der Waals surface area contributed by atoms with Crippen molar-refractivity contribution in [1.82, 2.24) is 0 Å². The van der Waals surface area contributed by atoms with Crippen LogP contribution in [0.3, 0.4) is 0 Å². The van der Waals surface area contributed by atoms with Crippen LogP contribution in [0.25, 0.3) is 0 Å². The summed E-state index contributed by atoms with van der Waals surface area (Å²) in [4.78, 5) is 0. The van der Waals surface area contributed by atoms with Gasteiger partial charge in [-0.1, -0.05) is 28.9 Å². The zero-order valence-electron chi connectivity index (χ0n) is 8.17. The van der Waals surface area contributed by atoms with E-state index < -0.39 is 0 Å². The van der Waals surface area contributed by atoms with Crippen molar-refractivity contribution < 1.29 is 9.13 Å². The summed E-state index contributed by atoms with van der Waals surface area (Å²) >= 11 is 3.40. The Morgan fingerprint density at radius 1 is 1.50 bits per heavy atom. The minimum Gasteiger partial charge on any atom is -0.493 e. The van der Waals surface area contributed by atoms with E-state index in [2.05, 4.69) is 22.9 Å². The summed E-state index contributed by atoms with van der Waals surface area (Å²) in [5, 5.41) is 0.972. The van der Waals surface area contributed by atoms with Gasteiger partial charge in [-0.3, -0.25) is 0 Å². The Bertz CT molecular complexity index is 278. The van der Waals surface area contributed by atoms with Gasteiger partial charge in [-0.25, -0.2) is 4.39 Å². The van der Waals surface area contributed by atoms with E-state index in [9.17, 15) is 4.39 Å². The van der Waals surface area contributed by atoms with Gasteiger partial charge in [0.2, 0.25) is 0 Å². The van der Waals surface area contributed by atoms with Crippen LogP contribution in [0.5, 0.6) is 5.75 Å². The first kappa shape index (κ1) is 11.5. The van der Waals surface area contributed by atoms with E-state index in [0.717, 1.165) is 11.8 Å². The highest BCUT2D eigenvalue weighted by atomic mass is 79.9. The van der Waals surface area contributed by atoms with Gasteiger partial charge in [0, 0.05) is 11.4 Å². The fraction of sp³-hybridized carbons (Fsp3) is 0.455. The molecule has 0 radical (unpaired) electrons. The summed E-state index contributed by atoms with van der Waals surface area (Å²) in [5.41, 5.74) is 0. The van der Waals surface area contributed by atoms with Gasteiger partial charge in [-0.05, 0) is 24.5 Å². The van der Waals surface area contributed by atoms with Crippen LogP contribution in [-0.2, 0) is 0 Å². The van der Waals surface area contributed by atoms with Crippen LogP contribution in [0.2, 0.25) is 0 Å². The first-order valence-corrected chi connectivity index (χ1v) is 5.79. The Morgan fingerprint density at radius 2 is 2.29 bits per heavy atom. The van der Waals surface area contributed by atoms with Crippen molar-refractivity contribution in [1.29, 1.82) is 0 Å². The maximum atomic E-state index is 12.7. The third kappa shape index (κ3) is 4.09. The van der Waals surface area contributed by atoms with E-state index in [4.69, 9.17) is 4.74 Å². The van der Waals surface area contributed by atoms with Gasteiger partial charge >= 0.3 is 0 Å². The molecule has 1 atom stereocenters. The molecule has 3 heteroatoms. The number of benzene rings is 1. The van der Waals surface area contributed by atoms with Crippen LogP contribution in [-0.4, -0.2) is 11.9 Å². The lowest BCUT2D eigenvalue weighted by Crippen LogP contribution is -2.04. The van der Waals surface area contributed by atoms with Gasteiger partial charge in [0.1, 0.15) is 11.6 Å². The maximum absolute atomic E-state index is 12.7. The second-order valence-corrected chi connectivity index (χ2v) is 4.00. The van der Waals surface area contributed by atoms with E-state index >= 15 is 0 Å². The molecular formula is C11H14BrFO. The molecule has 0 amide bonds. The van der Waals surface area contributed by atoms with Gasteiger partial charge in [0.05, 0.1) is 6.61 Å². The molecule has 1 unspecified atom stereocenters. The zero-order chi connectivity index (χ0) is 10.4. The Labute approximate surface area is 92.4 Å². The molecule has 0 aliphatic rings. The van der Waals surface area contributed by atoms with Crippen molar-refractivity contribution >= 4 is 15.9 Å². The van der Waals surface area contributed by atoms with Gasteiger partial charge in [-0.2, -0.15) is 0 Å². The predicted octanol–water partition coefficient (Wildman–Crippen LogP) is 3.63. The van der Waals surface area contributed by atoms with Crippen molar-refractivity contribution in [2.24, 2.45) is 5.92 Å². The number of rotatable bonds is 5. The summed E-state index contributed by atoms with van der Waals surface area (Å²) in [7, 11) is 0. The van der Waals surface area contributed by atoms with Crippen molar-refractivity contribution in [2.45, 2.75) is 13.3 Å². The fourth-order valence-corrected chi connectivity index (χ4v) is 1.34. The Balaban J connectivity index is 2.31. The van der Waals surface area contributed by atoms with E-state index in [1.165, 1.54) is 12.1 Å². The van der Waals surface area contributed by atoms with Crippen molar-refractivity contribution in [3.05, 3.63) is 30.1 Å². The molecule has 14 heavy (non-hydrogen) atoms. The fourth-order valence-electron chi connectivity index (χ4n) is 1.01. The molecule has 0 spiro atoms. The Hall–Kier alpha value is -0.570. The minimum atomic E-state index is -0.254. The van der Waals surface area contributed by atoms with Crippen LogP contribution in [0.4, 0.5) is 4.39 Å². The first-order chi connectivity index (χ1) is 6.72. The van der Waals surface area contributed by atoms with Crippen LogP contribution in [0.15, 0.2) is 24.3 Å². The average Bonchev–Trinajstić information content (AvgIpc) is 2.17. The summed E-state index contributed by atoms with van der Waals surface area (Å²) < 4.78 is 18.1. The number of hydrogen-bond acceptors (Lipinski definition) is 1. The molecule has 1 nitrogen and oxygen atoms in total. The first-order valence-electron chi connectivity index (χ1n) is 4.66. The van der Waals surface area contributed by atoms with Crippen molar-refractivity contribution in [3.63, 3.8) is 0 Å². The summed E-state index contributed by atoms with van der Waals surface area (Å²) in [5.74, 6) is 0.936. The molecule has 0 saturated carbocycles. The van der Waals surface area contributed by atoms with E-state index in [0.29, 0.717) is 18.3 Å². The summed E-state index contributed by atoms with van der Waals surface area (Å²) in [6.45, 7) is 2.78. The molecule has 0 aromatic heterocycles. The standard InChI is InChI=1S/C11H14BrFO/c1-9(8-12)5-6-14-11-4-2-3-10(13)7-11/h2-4,7,9H,5-6,8H2,1H3. The zero-order valence-corrected chi connectivity index (χ0v) is 9.76. The molecule has 1 rings (SSSR count). The molecule has 0 aliphatic heterocycles. The quantitative estimate of drug-likeness (QED) is 0.735. The molecular weight excluding hydrogens is 247 g/mol. The second kappa shape index (κ2) is 6.02. The van der Waals surface area contributed by atoms with Gasteiger partial charge < -0.3 is 4.74 Å². The number of halogens is 2. The molecule has 0 saturated heterocycles. The van der Waals surface area contributed by atoms with Crippen molar-refractivity contribution in [2.75, 3.05) is 11.9 Å². The third-order valence-electron chi connectivity index (χ3n) is 1.94. The maximum Gasteiger partial charge on any atom is 0.126 e.